The first kappa shape index (κ1) is 15.7. The first-order valence-electron chi connectivity index (χ1n) is 7.71. The molecular weight excluding hydrogens is 266 g/mol. The zero-order chi connectivity index (χ0) is 15.2. The first-order valence-corrected chi connectivity index (χ1v) is 7.71. The third kappa shape index (κ3) is 4.14. The van der Waals surface area contributed by atoms with Crippen molar-refractivity contribution in [3.8, 4) is 0 Å². The molecule has 1 aliphatic rings. The Hall–Kier alpha value is -1.68. The summed E-state index contributed by atoms with van der Waals surface area (Å²) in [5.74, 6) is -0.679. The molecular formula is C17H23NO3. The zero-order valence-corrected chi connectivity index (χ0v) is 12.5. The van der Waals surface area contributed by atoms with Crippen LogP contribution in [-0.4, -0.2) is 40.9 Å². The van der Waals surface area contributed by atoms with E-state index in [9.17, 15) is 14.7 Å². The van der Waals surface area contributed by atoms with E-state index < -0.39 is 12.0 Å². The predicted octanol–water partition coefficient (Wildman–Crippen LogP) is 2.76. The number of hydrogen-bond donors (Lipinski definition) is 1. The number of rotatable bonds is 6. The second-order valence-electron chi connectivity index (χ2n) is 5.61. The molecule has 1 aromatic carbocycles. The maximum Gasteiger partial charge on any atom is 0.320 e. The second kappa shape index (κ2) is 7.36. The summed E-state index contributed by atoms with van der Waals surface area (Å²) in [6.07, 6.45) is 4.01. The van der Waals surface area contributed by atoms with Gasteiger partial charge in [0, 0.05) is 18.5 Å². The number of hydrogen-bond acceptors (Lipinski definition) is 3. The number of aliphatic carboxylic acids is 1. The Morgan fingerprint density at radius 3 is 2.57 bits per heavy atom. The van der Waals surface area contributed by atoms with Gasteiger partial charge in [-0.2, -0.15) is 0 Å². The monoisotopic (exact) mass is 289 g/mol. The fraction of sp³-hybridized carbons (Fsp3) is 0.529. The van der Waals surface area contributed by atoms with E-state index in [0.29, 0.717) is 19.4 Å². The van der Waals surface area contributed by atoms with Gasteiger partial charge in [-0.25, -0.2) is 0 Å². The Kier molecular flexibility index (Phi) is 5.51. The van der Waals surface area contributed by atoms with Gasteiger partial charge in [0.2, 0.25) is 0 Å². The minimum Gasteiger partial charge on any atom is -0.480 e. The van der Waals surface area contributed by atoms with Gasteiger partial charge in [0.15, 0.2) is 5.78 Å². The number of Topliss-reactive ketones (excluding diaryl/α,β-unsaturated/α-hetero) is 1. The molecule has 0 aliphatic carbocycles. The molecule has 1 atom stereocenters. The largest absolute Gasteiger partial charge is 0.480 e. The minimum atomic E-state index is -0.769. The van der Waals surface area contributed by atoms with Crippen molar-refractivity contribution < 1.29 is 14.7 Å². The van der Waals surface area contributed by atoms with Crippen molar-refractivity contribution in [1.82, 2.24) is 4.90 Å². The smallest absolute Gasteiger partial charge is 0.320 e. The number of carboxylic acid groups (broad SMARTS) is 1. The average molecular weight is 289 g/mol. The van der Waals surface area contributed by atoms with Gasteiger partial charge < -0.3 is 5.11 Å². The normalized spacial score (nSPS) is 19.4. The Bertz CT molecular complexity index is 495. The van der Waals surface area contributed by atoms with Crippen molar-refractivity contribution in [2.24, 2.45) is 0 Å². The lowest BCUT2D eigenvalue weighted by atomic mass is 10.0. The molecule has 1 unspecified atom stereocenters. The number of benzene rings is 1. The van der Waals surface area contributed by atoms with Crippen LogP contribution in [0.3, 0.4) is 0 Å². The molecule has 1 heterocycles. The number of carbonyl (C=O) groups is 2. The Balaban J connectivity index is 1.91. The second-order valence-corrected chi connectivity index (χ2v) is 5.61. The SMILES string of the molecule is CCc1ccc(C(=O)CCN2CCCCC2C(=O)O)cc1. The fourth-order valence-electron chi connectivity index (χ4n) is 2.85. The summed E-state index contributed by atoms with van der Waals surface area (Å²) in [5, 5.41) is 9.22. The fourth-order valence-corrected chi connectivity index (χ4v) is 2.85. The minimum absolute atomic E-state index is 0.0902. The highest BCUT2D eigenvalue weighted by atomic mass is 16.4. The third-order valence-electron chi connectivity index (χ3n) is 4.21. The van der Waals surface area contributed by atoms with Gasteiger partial charge in [0.25, 0.3) is 0 Å². The summed E-state index contributed by atoms with van der Waals surface area (Å²) in [6, 6.07) is 7.27. The Morgan fingerprint density at radius 2 is 1.95 bits per heavy atom. The van der Waals surface area contributed by atoms with Gasteiger partial charge >= 0.3 is 5.97 Å². The summed E-state index contributed by atoms with van der Waals surface area (Å²) in [6.45, 7) is 3.39. The molecule has 2 rings (SSSR count). The quantitative estimate of drug-likeness (QED) is 0.818. The standard InChI is InChI=1S/C17H23NO3/c1-2-13-6-8-14(9-7-13)16(19)10-12-18-11-4-3-5-15(18)17(20)21/h6-9,15H,2-5,10-12H2,1H3,(H,20,21). The number of carbonyl (C=O) groups excluding carboxylic acids is 1. The molecule has 0 spiro atoms. The Labute approximate surface area is 125 Å². The van der Waals surface area contributed by atoms with Gasteiger partial charge in [-0.3, -0.25) is 14.5 Å². The van der Waals surface area contributed by atoms with E-state index >= 15 is 0 Å². The van der Waals surface area contributed by atoms with Crippen LogP contribution in [0.15, 0.2) is 24.3 Å². The van der Waals surface area contributed by atoms with Crippen LogP contribution in [0.4, 0.5) is 0 Å². The molecule has 1 aliphatic heterocycles. The van der Waals surface area contributed by atoms with Crippen LogP contribution in [-0.2, 0) is 11.2 Å². The maximum atomic E-state index is 12.2. The van der Waals surface area contributed by atoms with Gasteiger partial charge in [-0.1, -0.05) is 37.6 Å². The van der Waals surface area contributed by atoms with Crippen LogP contribution >= 0.6 is 0 Å². The number of piperidine rings is 1. The van der Waals surface area contributed by atoms with E-state index in [1.165, 1.54) is 5.56 Å². The number of likely N-dealkylation sites (tertiary alicyclic amines) is 1. The van der Waals surface area contributed by atoms with E-state index in [4.69, 9.17) is 0 Å². The third-order valence-corrected chi connectivity index (χ3v) is 4.21. The van der Waals surface area contributed by atoms with Crippen LogP contribution in [0, 0.1) is 0 Å². The Morgan fingerprint density at radius 1 is 1.24 bits per heavy atom. The van der Waals surface area contributed by atoms with Crippen molar-refractivity contribution in [3.05, 3.63) is 35.4 Å². The van der Waals surface area contributed by atoms with Gasteiger partial charge in [-0.15, -0.1) is 0 Å². The van der Waals surface area contributed by atoms with Crippen molar-refractivity contribution in [2.75, 3.05) is 13.1 Å². The molecule has 1 aromatic rings. The van der Waals surface area contributed by atoms with Crippen molar-refractivity contribution in [2.45, 2.75) is 45.1 Å². The summed E-state index contributed by atoms with van der Waals surface area (Å²) in [4.78, 5) is 25.3. The number of ketones is 1. The first-order chi connectivity index (χ1) is 10.1. The molecule has 4 heteroatoms. The van der Waals surface area contributed by atoms with Gasteiger partial charge in [0.05, 0.1) is 0 Å². The molecule has 0 amide bonds. The highest BCUT2D eigenvalue weighted by Gasteiger charge is 2.28. The van der Waals surface area contributed by atoms with E-state index in [1.54, 1.807) is 0 Å². The van der Waals surface area contributed by atoms with Crippen molar-refractivity contribution >= 4 is 11.8 Å². The van der Waals surface area contributed by atoms with Crippen LogP contribution in [0.5, 0.6) is 0 Å². The molecule has 4 nitrogen and oxygen atoms in total. The predicted molar refractivity (Wildman–Crippen MR) is 81.6 cm³/mol. The molecule has 0 saturated carbocycles. The summed E-state index contributed by atoms with van der Waals surface area (Å²) >= 11 is 0. The lowest BCUT2D eigenvalue weighted by molar-refractivity contribution is -0.144. The highest BCUT2D eigenvalue weighted by molar-refractivity contribution is 5.96. The average Bonchev–Trinajstić information content (AvgIpc) is 2.52. The van der Waals surface area contributed by atoms with Crippen molar-refractivity contribution in [3.63, 3.8) is 0 Å². The molecule has 21 heavy (non-hydrogen) atoms. The topological polar surface area (TPSA) is 57.6 Å². The lowest BCUT2D eigenvalue weighted by Crippen LogP contribution is -2.45. The molecule has 1 fully saturated rings. The number of carboxylic acids is 1. The zero-order valence-electron chi connectivity index (χ0n) is 12.5. The molecule has 1 saturated heterocycles. The van der Waals surface area contributed by atoms with E-state index in [1.807, 2.05) is 29.2 Å². The van der Waals surface area contributed by atoms with E-state index in [-0.39, 0.29) is 5.78 Å². The lowest BCUT2D eigenvalue weighted by Gasteiger charge is -2.32. The van der Waals surface area contributed by atoms with Crippen LogP contribution in [0.25, 0.3) is 0 Å². The van der Waals surface area contributed by atoms with E-state index in [2.05, 4.69) is 6.92 Å². The van der Waals surface area contributed by atoms with Crippen LogP contribution in [0.1, 0.15) is 48.5 Å². The summed E-state index contributed by atoms with van der Waals surface area (Å²) in [7, 11) is 0. The number of nitrogens with zero attached hydrogens (tertiary/aromatic N) is 1. The summed E-state index contributed by atoms with van der Waals surface area (Å²) < 4.78 is 0. The van der Waals surface area contributed by atoms with E-state index in [0.717, 1.165) is 31.4 Å². The maximum absolute atomic E-state index is 12.2. The molecule has 114 valence electrons. The van der Waals surface area contributed by atoms with Crippen LogP contribution < -0.4 is 0 Å². The van der Waals surface area contributed by atoms with Crippen LogP contribution in [0.2, 0.25) is 0 Å². The molecule has 0 bridgehead atoms. The van der Waals surface area contributed by atoms with Gasteiger partial charge in [0.1, 0.15) is 6.04 Å². The molecule has 1 N–H and O–H groups in total. The summed E-state index contributed by atoms with van der Waals surface area (Å²) in [5.41, 5.74) is 1.93. The molecule has 0 radical (unpaired) electrons. The van der Waals surface area contributed by atoms with Gasteiger partial charge in [-0.05, 0) is 31.4 Å². The highest BCUT2D eigenvalue weighted by Crippen LogP contribution is 2.18. The molecule has 0 aromatic heterocycles. The van der Waals surface area contributed by atoms with Crippen molar-refractivity contribution in [1.29, 1.82) is 0 Å². The number of aryl methyl sites for hydroxylation is 1.